The van der Waals surface area contributed by atoms with Crippen molar-refractivity contribution in [2.45, 2.75) is 115 Å². The number of aromatic nitrogens is 3. The van der Waals surface area contributed by atoms with E-state index in [0.717, 1.165) is 46.3 Å². The van der Waals surface area contributed by atoms with Crippen LogP contribution >= 0.6 is 0 Å². The summed E-state index contributed by atoms with van der Waals surface area (Å²) in [5.74, 6) is -2.85. The highest BCUT2D eigenvalue weighted by Gasteiger charge is 2.48. The number of nitrogen functional groups attached to an aromatic ring is 1. The van der Waals surface area contributed by atoms with Gasteiger partial charge < -0.3 is 128 Å². The number of benzene rings is 3. The Kier molecular flexibility index (Phi) is 41.1. The van der Waals surface area contributed by atoms with Gasteiger partial charge in [0.2, 0.25) is 24.0 Å². The van der Waals surface area contributed by atoms with Crippen molar-refractivity contribution in [2.24, 2.45) is 5.73 Å². The van der Waals surface area contributed by atoms with Gasteiger partial charge in [0.25, 0.3) is 0 Å². The van der Waals surface area contributed by atoms with Gasteiger partial charge in [-0.2, -0.15) is 0 Å². The van der Waals surface area contributed by atoms with Gasteiger partial charge in [0.15, 0.2) is 11.9 Å². The first kappa shape index (κ1) is 87.7. The molecule has 0 unspecified atom stereocenters. The average molecular weight is 1500 g/mol. The Balaban J connectivity index is 0.804. The van der Waals surface area contributed by atoms with E-state index in [1.54, 1.807) is 31.4 Å². The molecule has 2 aromatic heterocycles. The number of nitrogens with zero attached hydrogens (tertiary/aromatic N) is 4. The number of hydrogen-bond acceptors (Lipinski definition) is 26. The maximum Gasteiger partial charge on any atom is 0.335 e. The van der Waals surface area contributed by atoms with Gasteiger partial charge in [0, 0.05) is 62.5 Å². The number of aryl methyl sites for hydroxylation is 1. The molecule has 0 aliphatic carbocycles. The number of methoxy groups -OCH3 is 1. The van der Waals surface area contributed by atoms with Gasteiger partial charge >= 0.3 is 11.9 Å². The molecule has 5 aromatic rings. The zero-order chi connectivity index (χ0) is 76.3. The number of carboxylic acids is 2. The lowest BCUT2D eigenvalue weighted by atomic mass is 9.99. The summed E-state index contributed by atoms with van der Waals surface area (Å²) in [6, 6.07) is 17.0. The van der Waals surface area contributed by atoms with Gasteiger partial charge in [-0.1, -0.05) is 37.6 Å². The number of nitrogens with two attached hydrogens (primary N) is 2. The standard InChI is InChI=1S/C73H111N9O24/c1-5-6-10-60-80-63-64(55-17-16-54(71(89)90)47-57(55)79-69(63)75)81(60)48-51-11-13-52(14-12-51)49-82(2,3)50-53-15-18-59(105-73-67(87)65(85)66(86)68(106-73)72(91)92)58(46-53)78-62(84)19-22-77-70(88)56(74)9-7-8-21-76-61(83)20-23-94-26-27-96-30-31-98-34-35-100-38-39-102-42-43-104-45-44-103-41-40-101-37-36-99-33-32-97-29-28-95-25-24-93-4/h11-18,46-47,56,65-68,73,85-87H,5-10,19-45,48-50,74H2,1-4H3,(H6-,75,76,77,78,79,83,84,88,89,90,91,92)/p+1/t56-,65-,66-,67+,68-,73+/m0/s1. The summed E-state index contributed by atoms with van der Waals surface area (Å²) in [6.07, 6.45) is -5.56. The van der Waals surface area contributed by atoms with Crippen LogP contribution in [0.15, 0.2) is 60.7 Å². The minimum Gasteiger partial charge on any atom is -0.479 e. The highest BCUT2D eigenvalue weighted by atomic mass is 16.7. The van der Waals surface area contributed by atoms with Gasteiger partial charge in [-0.05, 0) is 67.6 Å². The first-order valence-electron chi connectivity index (χ1n) is 36.2. The van der Waals surface area contributed by atoms with Crippen molar-refractivity contribution in [1.29, 1.82) is 0 Å². The van der Waals surface area contributed by atoms with Gasteiger partial charge in [-0.15, -0.1) is 0 Å². The first-order chi connectivity index (χ1) is 51.3. The maximum atomic E-state index is 13.6. The van der Waals surface area contributed by atoms with Gasteiger partial charge in [-0.3, -0.25) is 14.4 Å². The number of ether oxygens (including phenoxy) is 14. The second kappa shape index (κ2) is 49.7. The molecule has 6 rings (SSSR count). The van der Waals surface area contributed by atoms with Gasteiger partial charge in [0.1, 0.15) is 48.5 Å². The van der Waals surface area contributed by atoms with Crippen molar-refractivity contribution in [2.75, 3.05) is 197 Å². The van der Waals surface area contributed by atoms with E-state index in [-0.39, 0.29) is 54.7 Å². The Morgan fingerprint density at radius 1 is 0.585 bits per heavy atom. The molecule has 592 valence electrons. The lowest BCUT2D eigenvalue weighted by Crippen LogP contribution is -2.61. The normalized spacial score (nSPS) is 16.4. The SMILES string of the molecule is CCCCc1nc2c(N)nc3cc(C(=O)O)ccc3c2n1Cc1ccc(C[N+](C)(C)Cc2ccc(O[C@@H]3O[C@H](C(=O)O)[C@@H](O)[C@H](O)[C@H]3O)c(NC(=O)CCNC(=O)[C@@H](N)CCCCNC(=O)CCOCCOCCOCCOCCOCCOCCOCCOCCOCCOCCOCCOC)c2)cc1. The lowest BCUT2D eigenvalue weighted by Gasteiger charge is -2.38. The van der Waals surface area contributed by atoms with Gasteiger partial charge in [-0.25, -0.2) is 19.6 Å². The maximum absolute atomic E-state index is 13.6. The molecule has 0 saturated carbocycles. The Hall–Kier alpha value is -7.23. The quantitative estimate of drug-likeness (QED) is 0.0197. The number of imidazole rings is 1. The second-order valence-corrected chi connectivity index (χ2v) is 25.7. The summed E-state index contributed by atoms with van der Waals surface area (Å²) in [5, 5.41) is 60.1. The number of carboxylic acid groups (broad SMARTS) is 2. The molecule has 1 fully saturated rings. The minimum atomic E-state index is -1.96. The van der Waals surface area contributed by atoms with E-state index in [0.29, 0.717) is 213 Å². The summed E-state index contributed by atoms with van der Waals surface area (Å²) in [4.78, 5) is 72.2. The third-order valence-corrected chi connectivity index (χ3v) is 16.6. The highest BCUT2D eigenvalue weighted by molar-refractivity contribution is 6.08. The van der Waals surface area contributed by atoms with Gasteiger partial charge in [0.05, 0.1) is 194 Å². The number of unbranched alkanes of at least 4 members (excludes halogenated alkanes) is 2. The van der Waals surface area contributed by atoms with Crippen LogP contribution in [0.25, 0.3) is 21.9 Å². The molecule has 0 radical (unpaired) electrons. The van der Waals surface area contributed by atoms with E-state index >= 15 is 0 Å². The van der Waals surface area contributed by atoms with Crippen molar-refractivity contribution in [3.05, 3.63) is 88.7 Å². The smallest absolute Gasteiger partial charge is 0.335 e. The number of aliphatic hydroxyl groups is 3. The number of carbonyl (C=O) groups excluding carboxylic acids is 3. The molecule has 0 spiro atoms. The van der Waals surface area contributed by atoms with E-state index in [1.165, 1.54) is 12.1 Å². The molecular weight excluding hydrogens is 1390 g/mol. The van der Waals surface area contributed by atoms with E-state index in [4.69, 9.17) is 82.8 Å². The van der Waals surface area contributed by atoms with Crippen LogP contribution in [0.3, 0.4) is 0 Å². The summed E-state index contributed by atoms with van der Waals surface area (Å²) < 4.78 is 79.1. The fourth-order valence-corrected chi connectivity index (χ4v) is 11.1. The number of quaternary nitrogens is 1. The monoisotopic (exact) mass is 1500 g/mol. The molecule has 106 heavy (non-hydrogen) atoms. The molecule has 1 saturated heterocycles. The Morgan fingerprint density at radius 2 is 1.10 bits per heavy atom. The zero-order valence-electron chi connectivity index (χ0n) is 61.6. The third kappa shape index (κ3) is 32.3. The van der Waals surface area contributed by atoms with Crippen molar-refractivity contribution in [1.82, 2.24) is 25.2 Å². The first-order valence-corrected chi connectivity index (χ1v) is 36.2. The zero-order valence-corrected chi connectivity index (χ0v) is 61.6. The second-order valence-electron chi connectivity index (χ2n) is 25.7. The Labute approximate surface area is 618 Å². The number of amides is 3. The number of aliphatic carboxylic acids is 1. The molecule has 6 atom stereocenters. The van der Waals surface area contributed by atoms with Crippen molar-refractivity contribution < 1.29 is 120 Å². The topological polar surface area (TPSA) is 435 Å². The number of hydrogen-bond donors (Lipinski definition) is 10. The molecule has 3 aromatic carbocycles. The summed E-state index contributed by atoms with van der Waals surface area (Å²) in [5.41, 5.74) is 17.4. The number of aliphatic hydroxyl groups excluding tert-OH is 3. The van der Waals surface area contributed by atoms with E-state index in [1.807, 2.05) is 14.1 Å². The molecule has 1 aliphatic rings. The number of fused-ring (bicyclic) bond motifs is 3. The average Bonchev–Trinajstić information content (AvgIpc) is 1.67. The van der Waals surface area contributed by atoms with Crippen LogP contribution in [0.5, 0.6) is 5.75 Å². The van der Waals surface area contributed by atoms with Crippen LogP contribution in [0.4, 0.5) is 11.5 Å². The number of aromatic carboxylic acids is 1. The number of pyridine rings is 1. The third-order valence-electron chi connectivity index (χ3n) is 16.6. The summed E-state index contributed by atoms with van der Waals surface area (Å²) >= 11 is 0. The van der Waals surface area contributed by atoms with Crippen LogP contribution in [-0.4, -0.2) is 297 Å². The van der Waals surface area contributed by atoms with E-state index < -0.39 is 60.5 Å². The molecular formula is C73H112N9O24+. The van der Waals surface area contributed by atoms with Crippen molar-refractivity contribution in [3.8, 4) is 5.75 Å². The number of nitrogens with one attached hydrogen (secondary N) is 3. The van der Waals surface area contributed by atoms with Crippen LogP contribution in [-0.2, 0) is 107 Å². The minimum absolute atomic E-state index is 0.0462. The molecule has 3 heterocycles. The van der Waals surface area contributed by atoms with Crippen molar-refractivity contribution in [3.63, 3.8) is 0 Å². The molecule has 33 nitrogen and oxygen atoms in total. The Morgan fingerprint density at radius 3 is 1.63 bits per heavy atom. The van der Waals surface area contributed by atoms with Crippen LogP contribution < -0.4 is 32.2 Å². The van der Waals surface area contributed by atoms with E-state index in [2.05, 4.69) is 56.7 Å². The van der Waals surface area contributed by atoms with Crippen LogP contribution in [0.1, 0.15) is 84.7 Å². The highest BCUT2D eigenvalue weighted by Crippen LogP contribution is 2.34. The van der Waals surface area contributed by atoms with Crippen molar-refractivity contribution >= 4 is 63.1 Å². The summed E-state index contributed by atoms with van der Waals surface area (Å²) in [7, 11) is 5.70. The summed E-state index contributed by atoms with van der Waals surface area (Å²) in [6.45, 7) is 14.1. The molecule has 0 bridgehead atoms. The predicted octanol–water partition coefficient (Wildman–Crippen LogP) is 2.58. The largest absolute Gasteiger partial charge is 0.479 e. The van der Waals surface area contributed by atoms with E-state index in [9.17, 15) is 49.5 Å². The number of rotatable bonds is 59. The van der Waals surface area contributed by atoms with Crippen LogP contribution in [0.2, 0.25) is 0 Å². The van der Waals surface area contributed by atoms with Crippen LogP contribution in [0, 0.1) is 0 Å². The predicted molar refractivity (Wildman–Crippen MR) is 388 cm³/mol. The molecule has 3 amide bonds. The molecule has 12 N–H and O–H groups in total. The lowest BCUT2D eigenvalue weighted by molar-refractivity contribution is -0.916. The molecule has 1 aliphatic heterocycles. The molecule has 33 heteroatoms. The number of anilines is 2. The fourth-order valence-electron chi connectivity index (χ4n) is 11.1. The number of carbonyl (C=O) groups is 5. The fraction of sp³-hybridized carbons (Fsp3) is 0.630. The Bertz CT molecular complexity index is 3390.